The summed E-state index contributed by atoms with van der Waals surface area (Å²) >= 11 is 0. The maximum absolute atomic E-state index is 8.66. The summed E-state index contributed by atoms with van der Waals surface area (Å²) in [6.45, 7) is 2.01. The summed E-state index contributed by atoms with van der Waals surface area (Å²) in [5.74, 6) is 0.0730. The van der Waals surface area contributed by atoms with Gasteiger partial charge in [0.1, 0.15) is 0 Å². The van der Waals surface area contributed by atoms with E-state index in [1.807, 2.05) is 31.2 Å². The standard InChI is InChI=1S/C11H8N2O/c1-8-2-3-10-9(6-8)4-5-14-11(7-12)13-10/h2-6H,1H3. The molecule has 0 aliphatic carbocycles. The molecule has 0 N–H and O–H groups in total. The van der Waals surface area contributed by atoms with Crippen LogP contribution in [-0.2, 0) is 4.74 Å². The number of nitrogens with zero attached hydrogens (tertiary/aromatic N) is 2. The van der Waals surface area contributed by atoms with Crippen LogP contribution in [0, 0.1) is 18.3 Å². The maximum Gasteiger partial charge on any atom is 0.300 e. The van der Waals surface area contributed by atoms with Crippen LogP contribution < -0.4 is 0 Å². The zero-order chi connectivity index (χ0) is 9.97. The smallest absolute Gasteiger partial charge is 0.300 e. The van der Waals surface area contributed by atoms with E-state index in [1.165, 1.54) is 6.26 Å². The number of hydrogen-bond donors (Lipinski definition) is 0. The van der Waals surface area contributed by atoms with E-state index in [0.29, 0.717) is 0 Å². The Morgan fingerprint density at radius 2 is 2.29 bits per heavy atom. The number of aliphatic imine (C=N–C) groups is 1. The molecular formula is C11H8N2O. The monoisotopic (exact) mass is 184 g/mol. The highest BCUT2D eigenvalue weighted by molar-refractivity contribution is 5.95. The number of aryl methyl sites for hydroxylation is 1. The fourth-order valence-electron chi connectivity index (χ4n) is 1.27. The lowest BCUT2D eigenvalue weighted by atomic mass is 10.1. The van der Waals surface area contributed by atoms with Gasteiger partial charge in [-0.1, -0.05) is 11.6 Å². The van der Waals surface area contributed by atoms with Gasteiger partial charge in [-0.25, -0.2) is 4.99 Å². The summed E-state index contributed by atoms with van der Waals surface area (Å²) in [5.41, 5.74) is 2.89. The zero-order valence-corrected chi connectivity index (χ0v) is 7.69. The lowest BCUT2D eigenvalue weighted by Gasteiger charge is -1.99. The van der Waals surface area contributed by atoms with Gasteiger partial charge in [0.05, 0.1) is 11.9 Å². The molecule has 1 heterocycles. The van der Waals surface area contributed by atoms with Crippen molar-refractivity contribution in [1.29, 1.82) is 5.26 Å². The third-order valence-electron chi connectivity index (χ3n) is 1.93. The second kappa shape index (κ2) is 3.35. The predicted octanol–water partition coefficient (Wildman–Crippen LogP) is 2.55. The molecule has 0 saturated carbocycles. The minimum absolute atomic E-state index is 0.0730. The Morgan fingerprint density at radius 3 is 3.07 bits per heavy atom. The van der Waals surface area contributed by atoms with Crippen LogP contribution in [0.2, 0.25) is 0 Å². The summed E-state index contributed by atoms with van der Waals surface area (Å²) < 4.78 is 4.98. The molecule has 0 radical (unpaired) electrons. The van der Waals surface area contributed by atoms with Gasteiger partial charge < -0.3 is 4.74 Å². The van der Waals surface area contributed by atoms with Crippen molar-refractivity contribution in [3.8, 4) is 6.07 Å². The summed E-state index contributed by atoms with van der Waals surface area (Å²) in [6.07, 6.45) is 3.28. The fourth-order valence-corrected chi connectivity index (χ4v) is 1.27. The molecule has 0 spiro atoms. The van der Waals surface area contributed by atoms with Crippen molar-refractivity contribution in [2.45, 2.75) is 6.92 Å². The van der Waals surface area contributed by atoms with Crippen LogP contribution in [0.15, 0.2) is 29.5 Å². The molecule has 1 aliphatic rings. The van der Waals surface area contributed by atoms with E-state index in [0.717, 1.165) is 16.8 Å². The zero-order valence-electron chi connectivity index (χ0n) is 7.69. The molecule has 1 aromatic carbocycles. The third kappa shape index (κ3) is 1.50. The highest BCUT2D eigenvalue weighted by Gasteiger charge is 2.05. The van der Waals surface area contributed by atoms with Crippen molar-refractivity contribution in [3.05, 3.63) is 35.6 Å². The minimum atomic E-state index is 0.0730. The number of fused-ring (bicyclic) bond motifs is 1. The molecule has 2 rings (SSSR count). The van der Waals surface area contributed by atoms with Crippen LogP contribution in [0.1, 0.15) is 11.1 Å². The van der Waals surface area contributed by atoms with Gasteiger partial charge in [0, 0.05) is 5.56 Å². The number of benzene rings is 1. The van der Waals surface area contributed by atoms with E-state index < -0.39 is 0 Å². The van der Waals surface area contributed by atoms with Crippen molar-refractivity contribution < 1.29 is 4.74 Å². The molecule has 0 fully saturated rings. The van der Waals surface area contributed by atoms with Crippen molar-refractivity contribution in [2.24, 2.45) is 4.99 Å². The van der Waals surface area contributed by atoms with Crippen molar-refractivity contribution in [2.75, 3.05) is 0 Å². The van der Waals surface area contributed by atoms with Gasteiger partial charge in [0.2, 0.25) is 0 Å². The number of ether oxygens (including phenoxy) is 1. The van der Waals surface area contributed by atoms with Crippen molar-refractivity contribution in [1.82, 2.24) is 0 Å². The molecule has 0 unspecified atom stereocenters. The molecule has 1 aliphatic heterocycles. The maximum atomic E-state index is 8.66. The van der Waals surface area contributed by atoms with Crippen LogP contribution in [0.4, 0.5) is 5.69 Å². The molecule has 1 aromatic rings. The molecule has 0 bridgehead atoms. The first-order valence-electron chi connectivity index (χ1n) is 4.22. The van der Waals surface area contributed by atoms with Gasteiger partial charge in [-0.3, -0.25) is 0 Å². The van der Waals surface area contributed by atoms with E-state index in [-0.39, 0.29) is 5.90 Å². The first kappa shape index (κ1) is 8.52. The molecule has 0 aromatic heterocycles. The molecular weight excluding hydrogens is 176 g/mol. The SMILES string of the molecule is Cc1ccc2c(c1)C=COC(C#N)=N2. The molecule has 3 heteroatoms. The summed E-state index contributed by atoms with van der Waals surface area (Å²) in [7, 11) is 0. The largest absolute Gasteiger partial charge is 0.439 e. The second-order valence-electron chi connectivity index (χ2n) is 3.01. The number of hydrogen-bond acceptors (Lipinski definition) is 3. The Balaban J connectivity index is 2.58. The Hall–Kier alpha value is -2.08. The lowest BCUT2D eigenvalue weighted by Crippen LogP contribution is -1.92. The topological polar surface area (TPSA) is 45.4 Å². The summed E-state index contributed by atoms with van der Waals surface area (Å²) in [5, 5.41) is 8.66. The molecule has 0 atom stereocenters. The predicted molar refractivity (Wildman–Crippen MR) is 54.0 cm³/mol. The molecule has 68 valence electrons. The van der Waals surface area contributed by atoms with Crippen LogP contribution >= 0.6 is 0 Å². The normalized spacial score (nSPS) is 13.3. The number of nitriles is 1. The van der Waals surface area contributed by atoms with E-state index in [2.05, 4.69) is 4.99 Å². The molecule has 0 amide bonds. The van der Waals surface area contributed by atoms with Gasteiger partial charge >= 0.3 is 5.90 Å². The second-order valence-corrected chi connectivity index (χ2v) is 3.01. The van der Waals surface area contributed by atoms with Gasteiger partial charge in [0.15, 0.2) is 6.07 Å². The molecule has 14 heavy (non-hydrogen) atoms. The highest BCUT2D eigenvalue weighted by atomic mass is 16.5. The van der Waals surface area contributed by atoms with Crippen LogP contribution in [0.5, 0.6) is 0 Å². The van der Waals surface area contributed by atoms with Crippen LogP contribution in [-0.4, -0.2) is 5.90 Å². The lowest BCUT2D eigenvalue weighted by molar-refractivity contribution is 0.484. The average Bonchev–Trinajstić information content (AvgIpc) is 2.38. The highest BCUT2D eigenvalue weighted by Crippen LogP contribution is 2.24. The van der Waals surface area contributed by atoms with Crippen LogP contribution in [0.3, 0.4) is 0 Å². The molecule has 3 nitrogen and oxygen atoms in total. The van der Waals surface area contributed by atoms with Crippen molar-refractivity contribution in [3.63, 3.8) is 0 Å². The Bertz CT molecular complexity index is 467. The average molecular weight is 184 g/mol. The first-order chi connectivity index (χ1) is 6.79. The Kier molecular flexibility index (Phi) is 2.04. The summed E-state index contributed by atoms with van der Waals surface area (Å²) in [6, 6.07) is 7.71. The first-order valence-corrected chi connectivity index (χ1v) is 4.22. The Morgan fingerprint density at radius 1 is 1.43 bits per heavy atom. The van der Waals surface area contributed by atoms with Gasteiger partial charge in [-0.2, -0.15) is 5.26 Å². The minimum Gasteiger partial charge on any atom is -0.439 e. The number of rotatable bonds is 0. The quantitative estimate of drug-likeness (QED) is 0.622. The fraction of sp³-hybridized carbons (Fsp3) is 0.0909. The van der Waals surface area contributed by atoms with E-state index in [4.69, 9.17) is 10.00 Å². The van der Waals surface area contributed by atoms with Gasteiger partial charge in [-0.15, -0.1) is 0 Å². The van der Waals surface area contributed by atoms with Gasteiger partial charge in [-0.05, 0) is 25.1 Å². The Labute approximate surface area is 82.0 Å². The van der Waals surface area contributed by atoms with Gasteiger partial charge in [0.25, 0.3) is 0 Å². The summed E-state index contributed by atoms with van der Waals surface area (Å²) in [4.78, 5) is 4.07. The van der Waals surface area contributed by atoms with Crippen molar-refractivity contribution >= 4 is 17.7 Å². The molecule has 0 saturated heterocycles. The van der Waals surface area contributed by atoms with Crippen LogP contribution in [0.25, 0.3) is 6.08 Å². The van der Waals surface area contributed by atoms with E-state index >= 15 is 0 Å². The van der Waals surface area contributed by atoms with E-state index in [9.17, 15) is 0 Å². The van der Waals surface area contributed by atoms with E-state index in [1.54, 1.807) is 6.08 Å². The third-order valence-corrected chi connectivity index (χ3v) is 1.93.